The molecular formula is C10H22N2. The standard InChI is InChI=1S/C10H22N2/c1-9(8-11)7-10-5-3-2-4-6-12-10/h9-10,12H,2-8,11H2,1H3. The molecule has 0 aromatic rings. The Kier molecular flexibility index (Phi) is 4.62. The van der Waals surface area contributed by atoms with E-state index in [0.717, 1.165) is 12.6 Å². The van der Waals surface area contributed by atoms with Crippen LogP contribution in [-0.4, -0.2) is 19.1 Å². The highest BCUT2D eigenvalue weighted by atomic mass is 14.9. The van der Waals surface area contributed by atoms with Crippen molar-refractivity contribution in [3.05, 3.63) is 0 Å². The molecule has 1 heterocycles. The van der Waals surface area contributed by atoms with Crippen LogP contribution < -0.4 is 11.1 Å². The van der Waals surface area contributed by atoms with E-state index >= 15 is 0 Å². The number of hydrogen-bond acceptors (Lipinski definition) is 2. The molecule has 0 aromatic heterocycles. The van der Waals surface area contributed by atoms with Crippen LogP contribution in [0.1, 0.15) is 39.0 Å². The second kappa shape index (κ2) is 5.55. The Morgan fingerprint density at radius 1 is 1.42 bits per heavy atom. The van der Waals surface area contributed by atoms with Gasteiger partial charge in [-0.2, -0.15) is 0 Å². The Balaban J connectivity index is 2.20. The lowest BCUT2D eigenvalue weighted by Gasteiger charge is -2.19. The molecule has 12 heavy (non-hydrogen) atoms. The van der Waals surface area contributed by atoms with Crippen molar-refractivity contribution in [2.24, 2.45) is 11.7 Å². The van der Waals surface area contributed by atoms with Crippen LogP contribution in [0.25, 0.3) is 0 Å². The van der Waals surface area contributed by atoms with Crippen LogP contribution in [0.3, 0.4) is 0 Å². The van der Waals surface area contributed by atoms with Gasteiger partial charge in [0.15, 0.2) is 0 Å². The number of nitrogens with one attached hydrogen (secondary N) is 1. The lowest BCUT2D eigenvalue weighted by atomic mass is 9.99. The fourth-order valence-corrected chi connectivity index (χ4v) is 1.88. The smallest absolute Gasteiger partial charge is 0.00700 e. The fraction of sp³-hybridized carbons (Fsp3) is 1.00. The molecule has 0 amide bonds. The van der Waals surface area contributed by atoms with Crippen molar-refractivity contribution in [1.29, 1.82) is 0 Å². The van der Waals surface area contributed by atoms with E-state index in [1.165, 1.54) is 38.6 Å². The summed E-state index contributed by atoms with van der Waals surface area (Å²) in [6, 6.07) is 0.742. The molecule has 0 radical (unpaired) electrons. The SMILES string of the molecule is CC(CN)CC1CCCCCN1. The number of hydrogen-bond donors (Lipinski definition) is 2. The average Bonchev–Trinajstić information content (AvgIpc) is 2.33. The highest BCUT2D eigenvalue weighted by Gasteiger charge is 2.13. The van der Waals surface area contributed by atoms with Crippen molar-refractivity contribution < 1.29 is 0 Å². The molecule has 1 aliphatic heterocycles. The molecule has 0 bridgehead atoms. The highest BCUT2D eigenvalue weighted by molar-refractivity contribution is 4.73. The summed E-state index contributed by atoms with van der Waals surface area (Å²) in [7, 11) is 0. The van der Waals surface area contributed by atoms with Crippen molar-refractivity contribution in [1.82, 2.24) is 5.32 Å². The predicted molar refractivity (Wildman–Crippen MR) is 53.1 cm³/mol. The van der Waals surface area contributed by atoms with E-state index in [-0.39, 0.29) is 0 Å². The molecule has 0 aromatic carbocycles. The summed E-state index contributed by atoms with van der Waals surface area (Å²) in [6.45, 7) is 4.28. The molecule has 2 heteroatoms. The zero-order chi connectivity index (χ0) is 8.81. The minimum Gasteiger partial charge on any atom is -0.330 e. The lowest BCUT2D eigenvalue weighted by Crippen LogP contribution is -2.31. The van der Waals surface area contributed by atoms with Crippen LogP contribution in [0.5, 0.6) is 0 Å². The predicted octanol–water partition coefficient (Wildman–Crippen LogP) is 1.50. The van der Waals surface area contributed by atoms with Gasteiger partial charge in [-0.1, -0.05) is 19.8 Å². The van der Waals surface area contributed by atoms with Gasteiger partial charge < -0.3 is 11.1 Å². The zero-order valence-electron chi connectivity index (χ0n) is 8.18. The van der Waals surface area contributed by atoms with E-state index in [1.54, 1.807) is 0 Å². The van der Waals surface area contributed by atoms with Crippen LogP contribution in [0.4, 0.5) is 0 Å². The summed E-state index contributed by atoms with van der Waals surface area (Å²) in [5, 5.41) is 3.59. The Hall–Kier alpha value is -0.0800. The minimum absolute atomic E-state index is 0.681. The largest absolute Gasteiger partial charge is 0.330 e. The van der Waals surface area contributed by atoms with Crippen molar-refractivity contribution >= 4 is 0 Å². The maximum Gasteiger partial charge on any atom is 0.00700 e. The summed E-state index contributed by atoms with van der Waals surface area (Å²) in [5.74, 6) is 0.681. The quantitative estimate of drug-likeness (QED) is 0.673. The lowest BCUT2D eigenvalue weighted by molar-refractivity contribution is 0.401. The molecule has 1 fully saturated rings. The van der Waals surface area contributed by atoms with Gasteiger partial charge >= 0.3 is 0 Å². The van der Waals surface area contributed by atoms with Gasteiger partial charge in [0.25, 0.3) is 0 Å². The maximum absolute atomic E-state index is 5.60. The molecule has 0 spiro atoms. The molecule has 3 N–H and O–H groups in total. The Morgan fingerprint density at radius 2 is 2.25 bits per heavy atom. The topological polar surface area (TPSA) is 38.0 Å². The van der Waals surface area contributed by atoms with Crippen LogP contribution in [0.15, 0.2) is 0 Å². The molecule has 2 unspecified atom stereocenters. The van der Waals surface area contributed by atoms with Crippen molar-refractivity contribution in [3.63, 3.8) is 0 Å². The van der Waals surface area contributed by atoms with Crippen molar-refractivity contribution in [2.75, 3.05) is 13.1 Å². The second-order valence-corrected chi connectivity index (χ2v) is 4.08. The highest BCUT2D eigenvalue weighted by Crippen LogP contribution is 2.14. The van der Waals surface area contributed by atoms with E-state index < -0.39 is 0 Å². The first-order valence-electron chi connectivity index (χ1n) is 5.26. The Bertz CT molecular complexity index is 106. The summed E-state index contributed by atoms with van der Waals surface area (Å²) >= 11 is 0. The van der Waals surface area contributed by atoms with E-state index in [9.17, 15) is 0 Å². The van der Waals surface area contributed by atoms with Gasteiger partial charge in [0, 0.05) is 6.04 Å². The van der Waals surface area contributed by atoms with Crippen LogP contribution in [0.2, 0.25) is 0 Å². The van der Waals surface area contributed by atoms with Gasteiger partial charge in [0.1, 0.15) is 0 Å². The number of rotatable bonds is 3. The molecular weight excluding hydrogens is 148 g/mol. The third-order valence-corrected chi connectivity index (χ3v) is 2.75. The Labute approximate surface area is 75.9 Å². The van der Waals surface area contributed by atoms with E-state index in [1.807, 2.05) is 0 Å². The van der Waals surface area contributed by atoms with E-state index in [2.05, 4.69) is 12.2 Å². The van der Waals surface area contributed by atoms with Crippen LogP contribution in [-0.2, 0) is 0 Å². The summed E-state index contributed by atoms with van der Waals surface area (Å²) in [5.41, 5.74) is 5.60. The first-order valence-corrected chi connectivity index (χ1v) is 5.26. The number of nitrogens with two attached hydrogens (primary N) is 1. The van der Waals surface area contributed by atoms with Crippen LogP contribution in [0, 0.1) is 5.92 Å². The molecule has 1 saturated heterocycles. The van der Waals surface area contributed by atoms with Gasteiger partial charge in [-0.25, -0.2) is 0 Å². The van der Waals surface area contributed by atoms with Crippen LogP contribution >= 0.6 is 0 Å². The normalized spacial score (nSPS) is 28.0. The zero-order valence-corrected chi connectivity index (χ0v) is 8.18. The first kappa shape index (κ1) is 10.0. The monoisotopic (exact) mass is 170 g/mol. The average molecular weight is 170 g/mol. The third kappa shape index (κ3) is 3.55. The maximum atomic E-state index is 5.60. The molecule has 2 atom stereocenters. The molecule has 2 nitrogen and oxygen atoms in total. The summed E-state index contributed by atoms with van der Waals surface area (Å²) < 4.78 is 0. The first-order chi connectivity index (χ1) is 5.83. The molecule has 1 aliphatic rings. The molecule has 0 aliphatic carbocycles. The van der Waals surface area contributed by atoms with E-state index in [0.29, 0.717) is 5.92 Å². The van der Waals surface area contributed by atoms with E-state index in [4.69, 9.17) is 5.73 Å². The van der Waals surface area contributed by atoms with Gasteiger partial charge in [-0.15, -0.1) is 0 Å². The fourth-order valence-electron chi connectivity index (χ4n) is 1.88. The van der Waals surface area contributed by atoms with Crippen molar-refractivity contribution in [3.8, 4) is 0 Å². The van der Waals surface area contributed by atoms with Crippen molar-refractivity contribution in [2.45, 2.75) is 45.1 Å². The second-order valence-electron chi connectivity index (χ2n) is 4.08. The molecule has 72 valence electrons. The molecule has 0 saturated carbocycles. The Morgan fingerprint density at radius 3 is 3.00 bits per heavy atom. The van der Waals surface area contributed by atoms with Gasteiger partial charge in [-0.3, -0.25) is 0 Å². The van der Waals surface area contributed by atoms with Gasteiger partial charge in [0.05, 0.1) is 0 Å². The van der Waals surface area contributed by atoms with Gasteiger partial charge in [-0.05, 0) is 38.3 Å². The molecule has 1 rings (SSSR count). The van der Waals surface area contributed by atoms with Gasteiger partial charge in [0.2, 0.25) is 0 Å². The summed E-state index contributed by atoms with van der Waals surface area (Å²) in [4.78, 5) is 0. The third-order valence-electron chi connectivity index (χ3n) is 2.75. The minimum atomic E-state index is 0.681. The summed E-state index contributed by atoms with van der Waals surface area (Å²) in [6.07, 6.45) is 6.77.